The predicted molar refractivity (Wildman–Crippen MR) is 60.5 cm³/mol. The summed E-state index contributed by atoms with van der Waals surface area (Å²) in [5.74, 6) is -1.29. The minimum absolute atomic E-state index is 0.356. The summed E-state index contributed by atoms with van der Waals surface area (Å²) in [6.07, 6.45) is 2.20. The molecular formula is C11H20N2O4. The number of carboxylic acids is 1. The molecule has 0 unspecified atom stereocenters. The minimum Gasteiger partial charge on any atom is -0.480 e. The molecule has 0 bridgehead atoms. The Bertz CT molecular complexity index is 269. The number of piperidine rings is 1. The van der Waals surface area contributed by atoms with Crippen LogP contribution in [0.4, 0.5) is 0 Å². The summed E-state index contributed by atoms with van der Waals surface area (Å²) in [5.41, 5.74) is 5.47. The Morgan fingerprint density at radius 1 is 1.35 bits per heavy atom. The van der Waals surface area contributed by atoms with Gasteiger partial charge in [-0.15, -0.1) is 0 Å². The van der Waals surface area contributed by atoms with Gasteiger partial charge in [-0.3, -0.25) is 4.79 Å². The van der Waals surface area contributed by atoms with Gasteiger partial charge in [-0.25, -0.2) is 0 Å². The lowest BCUT2D eigenvalue weighted by molar-refractivity contribution is -0.185. The smallest absolute Gasteiger partial charge is 0.320 e. The number of nitrogens with zero attached hydrogens (tertiary/aromatic N) is 1. The maximum atomic E-state index is 10.6. The second-order valence-electron chi connectivity index (χ2n) is 4.68. The second-order valence-corrected chi connectivity index (χ2v) is 4.68. The van der Waals surface area contributed by atoms with Gasteiger partial charge in [0, 0.05) is 32.5 Å². The van der Waals surface area contributed by atoms with Gasteiger partial charge in [0.15, 0.2) is 5.79 Å². The number of likely N-dealkylation sites (tertiary alicyclic amines) is 1. The first-order valence-electron chi connectivity index (χ1n) is 6.10. The fraction of sp³-hybridized carbons (Fsp3) is 0.909. The van der Waals surface area contributed by atoms with Crippen molar-refractivity contribution in [2.75, 3.05) is 32.8 Å². The zero-order valence-corrected chi connectivity index (χ0v) is 9.93. The Morgan fingerprint density at radius 3 is 2.47 bits per heavy atom. The van der Waals surface area contributed by atoms with Gasteiger partial charge in [-0.2, -0.15) is 0 Å². The van der Waals surface area contributed by atoms with E-state index in [4.69, 9.17) is 20.3 Å². The zero-order chi connectivity index (χ0) is 12.3. The van der Waals surface area contributed by atoms with Gasteiger partial charge >= 0.3 is 5.97 Å². The molecule has 1 spiro atoms. The average Bonchev–Trinajstić information content (AvgIpc) is 2.76. The van der Waals surface area contributed by atoms with Crippen molar-refractivity contribution in [1.82, 2.24) is 4.90 Å². The predicted octanol–water partition coefficient (Wildman–Crippen LogP) is -0.373. The van der Waals surface area contributed by atoms with E-state index in [-0.39, 0.29) is 5.79 Å². The van der Waals surface area contributed by atoms with Gasteiger partial charge in [0.2, 0.25) is 0 Å². The third-order valence-electron chi connectivity index (χ3n) is 3.50. The molecule has 0 aromatic rings. The molecule has 6 nitrogen and oxygen atoms in total. The molecule has 2 aliphatic heterocycles. The highest BCUT2D eigenvalue weighted by molar-refractivity contribution is 5.72. The van der Waals surface area contributed by atoms with Gasteiger partial charge in [0.05, 0.1) is 13.2 Å². The van der Waals surface area contributed by atoms with Gasteiger partial charge in [0.1, 0.15) is 6.04 Å². The summed E-state index contributed by atoms with van der Waals surface area (Å²) in [6, 6.07) is -0.759. The number of ether oxygens (including phenoxy) is 2. The molecule has 3 N–H and O–H groups in total. The van der Waals surface area contributed by atoms with Crippen molar-refractivity contribution in [2.24, 2.45) is 5.73 Å². The fourth-order valence-electron chi connectivity index (χ4n) is 2.35. The molecule has 0 aliphatic carbocycles. The van der Waals surface area contributed by atoms with Crippen LogP contribution in [0, 0.1) is 0 Å². The van der Waals surface area contributed by atoms with Crippen molar-refractivity contribution in [3.8, 4) is 0 Å². The van der Waals surface area contributed by atoms with E-state index in [1.807, 2.05) is 0 Å². The largest absolute Gasteiger partial charge is 0.480 e. The van der Waals surface area contributed by atoms with Crippen molar-refractivity contribution in [3.63, 3.8) is 0 Å². The van der Waals surface area contributed by atoms with Crippen LogP contribution in [0.1, 0.15) is 19.3 Å². The first kappa shape index (κ1) is 12.8. The van der Waals surface area contributed by atoms with E-state index in [1.54, 1.807) is 0 Å². The van der Waals surface area contributed by atoms with Crippen LogP contribution < -0.4 is 5.73 Å². The van der Waals surface area contributed by atoms with Crippen molar-refractivity contribution in [3.05, 3.63) is 0 Å². The maximum Gasteiger partial charge on any atom is 0.320 e. The second kappa shape index (κ2) is 5.30. The van der Waals surface area contributed by atoms with Crippen molar-refractivity contribution in [1.29, 1.82) is 0 Å². The molecule has 0 saturated carbocycles. The standard InChI is InChI=1S/C11H20N2O4/c12-9(10(14)15)1-4-13-5-2-11(3-6-13)16-7-8-17-11/h9H,1-8,12H2,(H,14,15)/t9-/m1/s1. The Kier molecular flexibility index (Phi) is 3.98. The van der Waals surface area contributed by atoms with E-state index in [2.05, 4.69) is 4.90 Å². The summed E-state index contributed by atoms with van der Waals surface area (Å²) in [7, 11) is 0. The molecule has 17 heavy (non-hydrogen) atoms. The van der Waals surface area contributed by atoms with Crippen LogP contribution in [0.5, 0.6) is 0 Å². The van der Waals surface area contributed by atoms with Crippen LogP contribution >= 0.6 is 0 Å². The third kappa shape index (κ3) is 3.16. The highest BCUT2D eigenvalue weighted by atomic mass is 16.7. The molecule has 0 amide bonds. The highest BCUT2D eigenvalue weighted by Crippen LogP contribution is 2.31. The van der Waals surface area contributed by atoms with Gasteiger partial charge in [-0.05, 0) is 6.42 Å². The van der Waals surface area contributed by atoms with E-state index in [1.165, 1.54) is 0 Å². The van der Waals surface area contributed by atoms with E-state index in [0.717, 1.165) is 32.5 Å². The normalized spacial score (nSPS) is 26.2. The SMILES string of the molecule is N[C@H](CCN1CCC2(CC1)OCCO2)C(=O)O. The number of hydrogen-bond donors (Lipinski definition) is 2. The van der Waals surface area contributed by atoms with E-state index >= 15 is 0 Å². The third-order valence-corrected chi connectivity index (χ3v) is 3.50. The molecule has 2 fully saturated rings. The van der Waals surface area contributed by atoms with Crippen molar-refractivity contribution >= 4 is 5.97 Å². The summed E-state index contributed by atoms with van der Waals surface area (Å²) in [4.78, 5) is 12.8. The number of hydrogen-bond acceptors (Lipinski definition) is 5. The lowest BCUT2D eigenvalue weighted by Gasteiger charge is -2.37. The first-order valence-corrected chi connectivity index (χ1v) is 6.10. The van der Waals surface area contributed by atoms with E-state index < -0.39 is 12.0 Å². The summed E-state index contributed by atoms with van der Waals surface area (Å²) < 4.78 is 11.3. The molecule has 0 aromatic carbocycles. The Hall–Kier alpha value is -0.690. The van der Waals surface area contributed by atoms with E-state index in [0.29, 0.717) is 19.6 Å². The average molecular weight is 244 g/mol. The molecule has 1 atom stereocenters. The molecule has 2 aliphatic rings. The van der Waals surface area contributed by atoms with Gasteiger partial charge in [0.25, 0.3) is 0 Å². The highest BCUT2D eigenvalue weighted by Gasteiger charge is 2.39. The number of rotatable bonds is 4. The molecule has 98 valence electrons. The molecule has 0 radical (unpaired) electrons. The van der Waals surface area contributed by atoms with Crippen LogP contribution in [-0.2, 0) is 14.3 Å². The van der Waals surface area contributed by atoms with Gasteiger partial charge < -0.3 is 25.2 Å². The molecular weight excluding hydrogens is 224 g/mol. The minimum atomic E-state index is -0.930. The number of carbonyl (C=O) groups is 1. The topological polar surface area (TPSA) is 85.0 Å². The Balaban J connectivity index is 1.70. The Morgan fingerprint density at radius 2 is 1.94 bits per heavy atom. The summed E-state index contributed by atoms with van der Waals surface area (Å²) in [6.45, 7) is 3.86. The first-order chi connectivity index (χ1) is 8.11. The maximum absolute atomic E-state index is 10.6. The van der Waals surface area contributed by atoms with Crippen LogP contribution in [-0.4, -0.2) is 60.7 Å². The lowest BCUT2D eigenvalue weighted by atomic mass is 10.0. The van der Waals surface area contributed by atoms with Crippen LogP contribution in [0.2, 0.25) is 0 Å². The monoisotopic (exact) mass is 244 g/mol. The Labute approximate surface area is 101 Å². The summed E-state index contributed by atoms with van der Waals surface area (Å²) >= 11 is 0. The molecule has 2 rings (SSSR count). The van der Waals surface area contributed by atoms with Crippen LogP contribution in [0.3, 0.4) is 0 Å². The zero-order valence-electron chi connectivity index (χ0n) is 9.93. The fourth-order valence-corrected chi connectivity index (χ4v) is 2.35. The number of aliphatic carboxylic acids is 1. The quantitative estimate of drug-likeness (QED) is 0.701. The number of carboxylic acid groups (broad SMARTS) is 1. The summed E-state index contributed by atoms with van der Waals surface area (Å²) in [5, 5.41) is 8.70. The molecule has 6 heteroatoms. The van der Waals surface area contributed by atoms with Crippen molar-refractivity contribution in [2.45, 2.75) is 31.1 Å². The van der Waals surface area contributed by atoms with E-state index in [9.17, 15) is 4.79 Å². The molecule has 2 heterocycles. The van der Waals surface area contributed by atoms with Crippen LogP contribution in [0.25, 0.3) is 0 Å². The van der Waals surface area contributed by atoms with Crippen molar-refractivity contribution < 1.29 is 19.4 Å². The molecule has 0 aromatic heterocycles. The molecule has 2 saturated heterocycles. The number of nitrogens with two attached hydrogens (primary N) is 1. The van der Waals surface area contributed by atoms with Gasteiger partial charge in [-0.1, -0.05) is 0 Å². The lowest BCUT2D eigenvalue weighted by Crippen LogP contribution is -2.46. The van der Waals surface area contributed by atoms with Crippen LogP contribution in [0.15, 0.2) is 0 Å².